The summed E-state index contributed by atoms with van der Waals surface area (Å²) in [5, 5.41) is 8.85. The molecule has 0 saturated carbocycles. The van der Waals surface area contributed by atoms with Crippen LogP contribution in [0.15, 0.2) is 54.6 Å². The molecule has 3 fully saturated rings. The molecule has 1 N–H and O–H groups in total. The van der Waals surface area contributed by atoms with Crippen LogP contribution in [-0.4, -0.2) is 53.2 Å². The number of amides is 1. The van der Waals surface area contributed by atoms with Crippen molar-refractivity contribution in [3.63, 3.8) is 0 Å². The van der Waals surface area contributed by atoms with Crippen molar-refractivity contribution < 1.29 is 14.6 Å². The molecule has 3 heterocycles. The van der Waals surface area contributed by atoms with Crippen LogP contribution in [0.1, 0.15) is 24.0 Å². The van der Waals surface area contributed by atoms with Crippen molar-refractivity contribution >= 4 is 5.91 Å². The highest BCUT2D eigenvalue weighted by atomic mass is 16.5. The second-order valence-corrected chi connectivity index (χ2v) is 7.79. The van der Waals surface area contributed by atoms with Gasteiger partial charge in [0, 0.05) is 32.2 Å². The van der Waals surface area contributed by atoms with E-state index in [0.717, 1.165) is 38.2 Å². The van der Waals surface area contributed by atoms with Crippen LogP contribution in [0, 0.1) is 5.92 Å². The normalized spacial score (nSPS) is 22.3. The highest BCUT2D eigenvalue weighted by Crippen LogP contribution is 2.31. The molecule has 3 saturated heterocycles. The van der Waals surface area contributed by atoms with Gasteiger partial charge in [-0.1, -0.05) is 42.5 Å². The van der Waals surface area contributed by atoms with E-state index in [4.69, 9.17) is 9.84 Å². The van der Waals surface area contributed by atoms with Gasteiger partial charge in [0.25, 0.3) is 0 Å². The Kier molecular flexibility index (Phi) is 5.93. The van der Waals surface area contributed by atoms with Gasteiger partial charge in [0.15, 0.2) is 0 Å². The van der Waals surface area contributed by atoms with E-state index in [2.05, 4.69) is 34.1 Å². The van der Waals surface area contributed by atoms with Crippen LogP contribution in [0.4, 0.5) is 0 Å². The second-order valence-electron chi connectivity index (χ2n) is 7.79. The number of fused-ring (bicyclic) bond motifs is 4. The van der Waals surface area contributed by atoms with Crippen LogP contribution >= 0.6 is 0 Å². The van der Waals surface area contributed by atoms with Gasteiger partial charge >= 0.3 is 0 Å². The fourth-order valence-electron chi connectivity index (χ4n) is 4.36. The molecular formula is C23H28N2O3. The number of aliphatic hydroxyl groups excluding tert-OH is 1. The third-order valence-electron chi connectivity index (χ3n) is 5.75. The van der Waals surface area contributed by atoms with E-state index in [-0.39, 0.29) is 12.5 Å². The monoisotopic (exact) mass is 380 g/mol. The molecular weight excluding hydrogens is 352 g/mol. The Labute approximate surface area is 166 Å². The molecule has 5 nitrogen and oxygen atoms in total. The average molecular weight is 380 g/mol. The zero-order chi connectivity index (χ0) is 19.3. The van der Waals surface area contributed by atoms with Crippen molar-refractivity contribution in [1.29, 1.82) is 0 Å². The molecule has 2 atom stereocenters. The zero-order valence-corrected chi connectivity index (χ0v) is 16.2. The smallest absolute Gasteiger partial charge is 0.227 e. The Hall–Kier alpha value is -2.37. The van der Waals surface area contributed by atoms with Gasteiger partial charge in [-0.15, -0.1) is 0 Å². The molecule has 1 amide bonds. The van der Waals surface area contributed by atoms with Crippen molar-refractivity contribution in [2.24, 2.45) is 5.92 Å². The molecule has 3 aliphatic heterocycles. The summed E-state index contributed by atoms with van der Waals surface area (Å²) in [5.41, 5.74) is 2.42. The standard InChI is InChI=1S/C23H28N2O3/c26-12-13-28-22-10-6-19(7-11-22)14-24-16-20-8-9-21(17-24)25(23(20)27)15-18-4-2-1-3-5-18/h1-7,10-11,20-21,26H,8-9,12-17H2/t20-,21+/m1/s1. The Morgan fingerprint density at radius 3 is 2.43 bits per heavy atom. The van der Waals surface area contributed by atoms with Gasteiger partial charge in [0.2, 0.25) is 5.91 Å². The van der Waals surface area contributed by atoms with Crippen molar-refractivity contribution in [2.45, 2.75) is 32.0 Å². The Balaban J connectivity index is 1.42. The summed E-state index contributed by atoms with van der Waals surface area (Å²) in [6, 6.07) is 18.6. The number of benzene rings is 2. The van der Waals surface area contributed by atoms with E-state index in [1.807, 2.05) is 30.3 Å². The first kappa shape index (κ1) is 19.0. The fourth-order valence-corrected chi connectivity index (χ4v) is 4.36. The summed E-state index contributed by atoms with van der Waals surface area (Å²) in [4.78, 5) is 17.5. The third-order valence-corrected chi connectivity index (χ3v) is 5.75. The molecule has 0 radical (unpaired) electrons. The first-order valence-electron chi connectivity index (χ1n) is 10.1. The van der Waals surface area contributed by atoms with Gasteiger partial charge in [0.1, 0.15) is 12.4 Å². The van der Waals surface area contributed by atoms with E-state index in [0.29, 0.717) is 25.1 Å². The molecule has 2 bridgehead atoms. The van der Waals surface area contributed by atoms with Crippen LogP contribution in [0.2, 0.25) is 0 Å². The number of aliphatic hydroxyl groups is 1. The Bertz CT molecular complexity index is 778. The average Bonchev–Trinajstić information content (AvgIpc) is 3.00. The molecule has 2 aromatic carbocycles. The number of ether oxygens (including phenoxy) is 1. The molecule has 0 aliphatic carbocycles. The van der Waals surface area contributed by atoms with Gasteiger partial charge in [-0.2, -0.15) is 0 Å². The maximum atomic E-state index is 13.0. The second kappa shape index (κ2) is 8.76. The first-order chi connectivity index (χ1) is 13.7. The molecule has 0 spiro atoms. The minimum atomic E-state index is 0.0197. The van der Waals surface area contributed by atoms with Crippen LogP contribution in [0.5, 0.6) is 5.75 Å². The molecule has 5 rings (SSSR count). The number of hydrogen-bond acceptors (Lipinski definition) is 4. The largest absolute Gasteiger partial charge is 0.491 e. The molecule has 5 heteroatoms. The predicted molar refractivity (Wildman–Crippen MR) is 108 cm³/mol. The van der Waals surface area contributed by atoms with Crippen molar-refractivity contribution in [2.75, 3.05) is 26.3 Å². The highest BCUT2D eigenvalue weighted by Gasteiger charge is 2.40. The van der Waals surface area contributed by atoms with Crippen LogP contribution in [0.25, 0.3) is 0 Å². The lowest BCUT2D eigenvalue weighted by molar-refractivity contribution is -0.140. The summed E-state index contributed by atoms with van der Waals surface area (Å²) < 4.78 is 5.43. The van der Waals surface area contributed by atoms with Crippen molar-refractivity contribution in [3.05, 3.63) is 65.7 Å². The first-order valence-corrected chi connectivity index (χ1v) is 10.1. The van der Waals surface area contributed by atoms with Gasteiger partial charge < -0.3 is 14.7 Å². The topological polar surface area (TPSA) is 53.0 Å². The number of carbonyl (C=O) groups is 1. The molecule has 3 aliphatic rings. The zero-order valence-electron chi connectivity index (χ0n) is 16.2. The van der Waals surface area contributed by atoms with Crippen LogP contribution in [0.3, 0.4) is 0 Å². The minimum Gasteiger partial charge on any atom is -0.491 e. The molecule has 0 aromatic heterocycles. The lowest BCUT2D eigenvalue weighted by atomic mass is 9.93. The van der Waals surface area contributed by atoms with E-state index in [1.54, 1.807) is 0 Å². The number of rotatable bonds is 7. The minimum absolute atomic E-state index is 0.0197. The Morgan fingerprint density at radius 2 is 1.68 bits per heavy atom. The SMILES string of the molecule is O=C1[C@@H]2CC[C@@H](CN(Cc3ccc(OCCO)cc3)C2)N1Cc1ccccc1. The van der Waals surface area contributed by atoms with E-state index in [9.17, 15) is 4.79 Å². The quantitative estimate of drug-likeness (QED) is 0.802. The fraction of sp³-hybridized carbons (Fsp3) is 0.435. The Morgan fingerprint density at radius 1 is 0.929 bits per heavy atom. The van der Waals surface area contributed by atoms with E-state index >= 15 is 0 Å². The molecule has 28 heavy (non-hydrogen) atoms. The van der Waals surface area contributed by atoms with E-state index < -0.39 is 0 Å². The van der Waals surface area contributed by atoms with Crippen LogP contribution in [-0.2, 0) is 17.9 Å². The van der Waals surface area contributed by atoms with E-state index in [1.165, 1.54) is 11.1 Å². The van der Waals surface area contributed by atoms with Gasteiger partial charge in [-0.05, 0) is 36.1 Å². The summed E-state index contributed by atoms with van der Waals surface area (Å²) in [6.45, 7) is 3.66. The molecule has 2 aromatic rings. The summed E-state index contributed by atoms with van der Waals surface area (Å²) >= 11 is 0. The van der Waals surface area contributed by atoms with Crippen LogP contribution < -0.4 is 4.74 Å². The predicted octanol–water partition coefficient (Wildman–Crippen LogP) is 2.68. The maximum absolute atomic E-state index is 13.0. The number of piperidine rings is 1. The number of nitrogens with zero attached hydrogens (tertiary/aromatic N) is 2. The highest BCUT2D eigenvalue weighted by molar-refractivity contribution is 5.80. The molecule has 0 unspecified atom stereocenters. The van der Waals surface area contributed by atoms with Crippen molar-refractivity contribution in [1.82, 2.24) is 9.80 Å². The number of hydrogen-bond donors (Lipinski definition) is 1. The third kappa shape index (κ3) is 4.37. The van der Waals surface area contributed by atoms with Gasteiger partial charge in [-0.25, -0.2) is 0 Å². The summed E-state index contributed by atoms with van der Waals surface area (Å²) in [7, 11) is 0. The maximum Gasteiger partial charge on any atom is 0.227 e. The summed E-state index contributed by atoms with van der Waals surface area (Å²) in [6.07, 6.45) is 2.09. The molecule has 148 valence electrons. The lowest BCUT2D eigenvalue weighted by Gasteiger charge is -2.36. The summed E-state index contributed by atoms with van der Waals surface area (Å²) in [5.74, 6) is 1.20. The van der Waals surface area contributed by atoms with Gasteiger partial charge in [0.05, 0.1) is 12.5 Å². The lowest BCUT2D eigenvalue weighted by Crippen LogP contribution is -2.47. The number of carbonyl (C=O) groups excluding carboxylic acids is 1. The van der Waals surface area contributed by atoms with Gasteiger partial charge in [-0.3, -0.25) is 9.69 Å². The van der Waals surface area contributed by atoms with Crippen molar-refractivity contribution in [3.8, 4) is 5.75 Å².